The molecular weight excluding hydrogens is 370 g/mol. The van der Waals surface area contributed by atoms with E-state index in [1.54, 1.807) is 0 Å². The number of halogens is 1. The van der Waals surface area contributed by atoms with Crippen LogP contribution in [-0.2, 0) is 6.42 Å². The number of rotatable bonds is 0. The molecule has 1 spiro atoms. The van der Waals surface area contributed by atoms with E-state index in [0.717, 1.165) is 48.2 Å². The second-order valence-electron chi connectivity index (χ2n) is 7.69. The number of piperidine rings is 1. The summed E-state index contributed by atoms with van der Waals surface area (Å²) in [6, 6.07) is 0.238. The standard InChI is InChI=1S/C18H18BrN3O2/c19-9-5-18-2-3-20-14-12(18)15-11-8(7-21-13(11)17(14)24)1-4-22(15)10(6-18)16(9)23/h5,7,10,15-16,20-21,23H,1-4,6H2. The monoisotopic (exact) mass is 387 g/mol. The Kier molecular flexibility index (Phi) is 2.45. The number of carbonyl (C=O) groups is 1. The zero-order valence-electron chi connectivity index (χ0n) is 13.1. The van der Waals surface area contributed by atoms with E-state index >= 15 is 0 Å². The molecule has 4 atom stereocenters. The van der Waals surface area contributed by atoms with Crippen molar-refractivity contribution < 1.29 is 9.90 Å². The van der Waals surface area contributed by atoms with Crippen molar-refractivity contribution >= 4 is 21.7 Å². The summed E-state index contributed by atoms with van der Waals surface area (Å²) in [6.45, 7) is 1.73. The van der Waals surface area contributed by atoms with Gasteiger partial charge >= 0.3 is 0 Å². The molecule has 0 radical (unpaired) electrons. The molecule has 0 saturated carbocycles. The molecule has 3 N–H and O–H groups in total. The van der Waals surface area contributed by atoms with Crippen LogP contribution in [0.15, 0.2) is 28.0 Å². The molecule has 1 fully saturated rings. The molecule has 1 saturated heterocycles. The first kappa shape index (κ1) is 13.9. The van der Waals surface area contributed by atoms with E-state index in [0.29, 0.717) is 0 Å². The zero-order valence-corrected chi connectivity index (χ0v) is 14.7. The van der Waals surface area contributed by atoms with Crippen LogP contribution in [0.25, 0.3) is 0 Å². The highest BCUT2D eigenvalue weighted by molar-refractivity contribution is 9.11. The summed E-state index contributed by atoms with van der Waals surface area (Å²) in [5, 5.41) is 14.2. The van der Waals surface area contributed by atoms with Gasteiger partial charge in [-0.1, -0.05) is 22.0 Å². The molecule has 4 unspecified atom stereocenters. The van der Waals surface area contributed by atoms with E-state index in [1.165, 1.54) is 16.7 Å². The highest BCUT2D eigenvalue weighted by atomic mass is 79.9. The Morgan fingerprint density at radius 2 is 2.29 bits per heavy atom. The van der Waals surface area contributed by atoms with E-state index in [1.807, 2.05) is 6.20 Å². The summed E-state index contributed by atoms with van der Waals surface area (Å²) in [5.74, 6) is 0.109. The number of hydrogen-bond donors (Lipinski definition) is 3. The van der Waals surface area contributed by atoms with Gasteiger partial charge in [0.2, 0.25) is 5.78 Å². The summed E-state index contributed by atoms with van der Waals surface area (Å²) >= 11 is 3.61. The molecular formula is C18H18BrN3O2. The van der Waals surface area contributed by atoms with E-state index in [9.17, 15) is 9.90 Å². The van der Waals surface area contributed by atoms with Crippen molar-refractivity contribution in [3.63, 3.8) is 0 Å². The maximum absolute atomic E-state index is 13.1. The Bertz CT molecular complexity index is 870. The smallest absolute Gasteiger partial charge is 0.225 e. The van der Waals surface area contributed by atoms with Crippen LogP contribution in [-0.4, -0.2) is 46.0 Å². The van der Waals surface area contributed by atoms with Crippen LogP contribution < -0.4 is 5.32 Å². The highest BCUT2D eigenvalue weighted by Crippen LogP contribution is 2.61. The third kappa shape index (κ3) is 1.39. The largest absolute Gasteiger partial charge is 0.386 e. The van der Waals surface area contributed by atoms with Crippen molar-refractivity contribution in [1.29, 1.82) is 0 Å². The molecule has 0 aromatic carbocycles. The molecule has 6 heteroatoms. The van der Waals surface area contributed by atoms with Gasteiger partial charge in [0.05, 0.1) is 17.4 Å². The first-order valence-electron chi connectivity index (χ1n) is 8.66. The normalized spacial score (nSPS) is 39.3. The second kappa shape index (κ2) is 4.23. The fourth-order valence-electron chi connectivity index (χ4n) is 5.76. The van der Waals surface area contributed by atoms with Gasteiger partial charge in [-0.3, -0.25) is 9.69 Å². The van der Waals surface area contributed by atoms with Gasteiger partial charge in [0, 0.05) is 40.8 Å². The lowest BCUT2D eigenvalue weighted by Crippen LogP contribution is -2.62. The van der Waals surface area contributed by atoms with Gasteiger partial charge in [-0.25, -0.2) is 0 Å². The van der Waals surface area contributed by atoms with Crippen LogP contribution in [0.4, 0.5) is 0 Å². The number of aliphatic hydroxyl groups excluding tert-OH is 1. The van der Waals surface area contributed by atoms with Crippen LogP contribution in [0.2, 0.25) is 0 Å². The van der Waals surface area contributed by atoms with Crippen LogP contribution >= 0.6 is 15.9 Å². The predicted molar refractivity (Wildman–Crippen MR) is 91.8 cm³/mol. The first-order chi connectivity index (χ1) is 11.6. The van der Waals surface area contributed by atoms with Crippen LogP contribution in [0.5, 0.6) is 0 Å². The van der Waals surface area contributed by atoms with Gasteiger partial charge in [0.25, 0.3) is 0 Å². The molecule has 5 aliphatic rings. The molecule has 6 rings (SSSR count). The van der Waals surface area contributed by atoms with E-state index in [-0.39, 0.29) is 23.3 Å². The molecule has 2 bridgehead atoms. The maximum Gasteiger partial charge on any atom is 0.225 e. The molecule has 5 nitrogen and oxygen atoms in total. The van der Waals surface area contributed by atoms with Crippen LogP contribution in [0.1, 0.15) is 40.5 Å². The van der Waals surface area contributed by atoms with Crippen molar-refractivity contribution in [3.05, 3.63) is 44.8 Å². The Morgan fingerprint density at radius 3 is 3.17 bits per heavy atom. The lowest BCUT2D eigenvalue weighted by atomic mass is 9.58. The van der Waals surface area contributed by atoms with Gasteiger partial charge in [-0.2, -0.15) is 0 Å². The summed E-state index contributed by atoms with van der Waals surface area (Å²) in [7, 11) is 0. The van der Waals surface area contributed by atoms with Gasteiger partial charge in [-0.05, 0) is 30.4 Å². The number of allylic oxidation sites excluding steroid dienone is 2. The third-order valence-corrected chi connectivity index (χ3v) is 7.42. The fourth-order valence-corrected chi connectivity index (χ4v) is 6.50. The maximum atomic E-state index is 13.1. The molecule has 0 amide bonds. The number of fused-ring (bicyclic) bond motifs is 2. The molecule has 4 heterocycles. The van der Waals surface area contributed by atoms with Gasteiger partial charge in [0.1, 0.15) is 6.10 Å². The Morgan fingerprint density at radius 1 is 1.42 bits per heavy atom. The number of H-pyrrole nitrogens is 1. The number of Topliss-reactive ketones (excluding diaryl/α,β-unsaturated/α-hetero) is 1. The summed E-state index contributed by atoms with van der Waals surface area (Å²) < 4.78 is 0.879. The lowest BCUT2D eigenvalue weighted by Gasteiger charge is -2.59. The average Bonchev–Trinajstić information content (AvgIpc) is 3.01. The summed E-state index contributed by atoms with van der Waals surface area (Å²) in [5.41, 5.74) is 5.12. The van der Waals surface area contributed by atoms with Crippen molar-refractivity contribution in [2.24, 2.45) is 5.41 Å². The Hall–Kier alpha value is -1.37. The number of nitrogens with zero attached hydrogens (tertiary/aromatic N) is 1. The van der Waals surface area contributed by atoms with Gasteiger partial charge in [0.15, 0.2) is 0 Å². The van der Waals surface area contributed by atoms with Crippen LogP contribution in [0, 0.1) is 5.41 Å². The molecule has 1 aromatic heterocycles. The quantitative estimate of drug-likeness (QED) is 0.634. The number of hydrogen-bond acceptors (Lipinski definition) is 4. The minimum absolute atomic E-state index is 0.107. The number of aromatic amines is 1. The topological polar surface area (TPSA) is 68.4 Å². The Balaban J connectivity index is 1.71. The lowest BCUT2D eigenvalue weighted by molar-refractivity contribution is -0.0159. The van der Waals surface area contributed by atoms with Crippen molar-refractivity contribution in [2.45, 2.75) is 37.5 Å². The number of ketones is 1. The molecule has 24 heavy (non-hydrogen) atoms. The number of aromatic nitrogens is 1. The fraction of sp³-hybridized carbons (Fsp3) is 0.500. The summed E-state index contributed by atoms with van der Waals surface area (Å²) in [4.78, 5) is 18.7. The van der Waals surface area contributed by atoms with Crippen LogP contribution in [0.3, 0.4) is 0 Å². The summed E-state index contributed by atoms with van der Waals surface area (Å²) in [6.07, 6.45) is 6.55. The highest BCUT2D eigenvalue weighted by Gasteiger charge is 2.58. The van der Waals surface area contributed by atoms with Crippen molar-refractivity contribution in [2.75, 3.05) is 13.1 Å². The molecule has 3 aliphatic heterocycles. The minimum atomic E-state index is -0.475. The zero-order chi connectivity index (χ0) is 16.2. The van der Waals surface area contributed by atoms with Crippen molar-refractivity contribution in [3.8, 4) is 0 Å². The van der Waals surface area contributed by atoms with E-state index < -0.39 is 6.10 Å². The number of aliphatic hydroxyl groups is 1. The molecule has 124 valence electrons. The number of carbonyl (C=O) groups excluding carboxylic acids is 1. The predicted octanol–water partition coefficient (Wildman–Crippen LogP) is 1.77. The second-order valence-corrected chi connectivity index (χ2v) is 8.60. The average molecular weight is 388 g/mol. The SMILES string of the molecule is O=C1C2=C3C4c5c(c[nH]c51)CCN4C1CC3(C=C(Br)C1O)CCN2. The van der Waals surface area contributed by atoms with Crippen molar-refractivity contribution in [1.82, 2.24) is 15.2 Å². The first-order valence-corrected chi connectivity index (χ1v) is 9.45. The molecule has 1 aromatic rings. The van der Waals surface area contributed by atoms with Gasteiger partial charge in [-0.15, -0.1) is 0 Å². The third-order valence-electron chi connectivity index (χ3n) is 6.72. The minimum Gasteiger partial charge on any atom is -0.386 e. The number of nitrogens with one attached hydrogen (secondary N) is 2. The Labute approximate surface area is 147 Å². The molecule has 2 aliphatic carbocycles. The van der Waals surface area contributed by atoms with E-state index in [2.05, 4.69) is 37.2 Å². The van der Waals surface area contributed by atoms with Gasteiger partial charge < -0.3 is 15.4 Å². The van der Waals surface area contributed by atoms with E-state index in [4.69, 9.17) is 0 Å².